The monoisotopic (exact) mass is 371 g/mol. The second-order valence-electron chi connectivity index (χ2n) is 5.82. The minimum atomic E-state index is -0.722. The van der Waals surface area contributed by atoms with Crippen LogP contribution in [0.3, 0.4) is 0 Å². The van der Waals surface area contributed by atoms with E-state index < -0.39 is 11.9 Å². The quantitative estimate of drug-likeness (QED) is 0.647. The number of halogens is 1. The lowest BCUT2D eigenvalue weighted by molar-refractivity contribution is -0.121. The molecule has 5 nitrogen and oxygen atoms in total. The summed E-state index contributed by atoms with van der Waals surface area (Å²) in [7, 11) is 1.78. The molecule has 26 heavy (non-hydrogen) atoms. The van der Waals surface area contributed by atoms with Crippen LogP contribution in [0.2, 0.25) is 0 Å². The third-order valence-corrected chi connectivity index (χ3v) is 4.92. The number of aromatic nitrogens is 2. The van der Waals surface area contributed by atoms with Crippen molar-refractivity contribution in [2.45, 2.75) is 18.9 Å². The third-order valence-electron chi connectivity index (χ3n) is 4.01. The molecular weight excluding hydrogens is 353 g/mol. The van der Waals surface area contributed by atoms with E-state index in [1.807, 2.05) is 5.38 Å². The van der Waals surface area contributed by atoms with Gasteiger partial charge in [-0.3, -0.25) is 9.59 Å². The Morgan fingerprint density at radius 1 is 1.23 bits per heavy atom. The van der Waals surface area contributed by atoms with Gasteiger partial charge in [-0.2, -0.15) is 0 Å². The molecule has 1 aromatic carbocycles. The first-order valence-electron chi connectivity index (χ1n) is 8.14. The summed E-state index contributed by atoms with van der Waals surface area (Å²) in [5, 5.41) is 4.63. The second kappa shape index (κ2) is 8.05. The number of carbonyl (C=O) groups excluding carboxylic acids is 2. The number of thiophene rings is 1. The Balaban J connectivity index is 1.74. The number of nitrogens with one attached hydrogen (secondary N) is 1. The first kappa shape index (κ1) is 18.0. The molecule has 3 aromatic rings. The summed E-state index contributed by atoms with van der Waals surface area (Å²) in [6.07, 6.45) is 3.47. The van der Waals surface area contributed by atoms with E-state index in [1.54, 1.807) is 54.3 Å². The molecule has 2 heterocycles. The number of hydrogen-bond donors (Lipinski definition) is 1. The van der Waals surface area contributed by atoms with Gasteiger partial charge in [-0.1, -0.05) is 24.3 Å². The number of carbonyl (C=O) groups is 2. The first-order valence-corrected chi connectivity index (χ1v) is 9.02. The standard InChI is InChI=1S/C19H18FN3O2S/c1-23-11-10-21-19(23)18(13-5-2-3-6-14(13)20)22-17(25)9-8-15(24)16-7-4-12-26-16/h2-7,10-12,18H,8-9H2,1H3,(H,22,25). The maximum absolute atomic E-state index is 14.3. The molecule has 0 spiro atoms. The molecule has 0 aliphatic heterocycles. The van der Waals surface area contributed by atoms with Crippen molar-refractivity contribution in [2.75, 3.05) is 0 Å². The van der Waals surface area contributed by atoms with E-state index in [4.69, 9.17) is 0 Å². The van der Waals surface area contributed by atoms with Crippen LogP contribution < -0.4 is 5.32 Å². The number of ketones is 1. The van der Waals surface area contributed by atoms with Crippen molar-refractivity contribution < 1.29 is 14.0 Å². The van der Waals surface area contributed by atoms with E-state index in [-0.39, 0.29) is 24.5 Å². The van der Waals surface area contributed by atoms with Crippen LogP contribution in [-0.2, 0) is 11.8 Å². The third kappa shape index (κ3) is 4.05. The van der Waals surface area contributed by atoms with Gasteiger partial charge in [-0.15, -0.1) is 11.3 Å². The molecule has 0 aliphatic carbocycles. The average molecular weight is 371 g/mol. The summed E-state index contributed by atoms with van der Waals surface area (Å²) >= 11 is 1.35. The topological polar surface area (TPSA) is 64.0 Å². The van der Waals surface area contributed by atoms with Crippen LogP contribution in [0.25, 0.3) is 0 Å². The molecule has 1 amide bonds. The van der Waals surface area contributed by atoms with E-state index >= 15 is 0 Å². The van der Waals surface area contributed by atoms with Crippen LogP contribution in [0.5, 0.6) is 0 Å². The molecule has 0 saturated heterocycles. The summed E-state index contributed by atoms with van der Waals surface area (Å²) in [6, 6.07) is 9.08. The van der Waals surface area contributed by atoms with Crippen LogP contribution >= 0.6 is 11.3 Å². The Morgan fingerprint density at radius 3 is 2.69 bits per heavy atom. The van der Waals surface area contributed by atoms with Crippen molar-refractivity contribution >= 4 is 23.0 Å². The molecular formula is C19H18FN3O2S. The van der Waals surface area contributed by atoms with E-state index in [1.165, 1.54) is 17.4 Å². The smallest absolute Gasteiger partial charge is 0.221 e. The van der Waals surface area contributed by atoms with Gasteiger partial charge in [-0.05, 0) is 17.5 Å². The van der Waals surface area contributed by atoms with Crippen molar-refractivity contribution in [1.29, 1.82) is 0 Å². The molecule has 1 atom stereocenters. The molecule has 1 unspecified atom stereocenters. The van der Waals surface area contributed by atoms with Crippen molar-refractivity contribution in [3.63, 3.8) is 0 Å². The Hall–Kier alpha value is -2.80. The van der Waals surface area contributed by atoms with Gasteiger partial charge in [0.2, 0.25) is 5.91 Å². The highest BCUT2D eigenvalue weighted by molar-refractivity contribution is 7.12. The number of imidazole rings is 1. The zero-order valence-corrected chi connectivity index (χ0v) is 15.0. The summed E-state index contributed by atoms with van der Waals surface area (Å²) < 4.78 is 16.0. The fourth-order valence-corrected chi connectivity index (χ4v) is 3.36. The number of Topliss-reactive ketones (excluding diaryl/α,β-unsaturated/α-hetero) is 1. The van der Waals surface area contributed by atoms with Gasteiger partial charge in [0.1, 0.15) is 17.7 Å². The van der Waals surface area contributed by atoms with Crippen molar-refractivity contribution in [1.82, 2.24) is 14.9 Å². The van der Waals surface area contributed by atoms with E-state index in [0.717, 1.165) is 0 Å². The average Bonchev–Trinajstić information content (AvgIpc) is 3.30. The predicted octanol–water partition coefficient (Wildman–Crippen LogP) is 3.49. The number of rotatable bonds is 7. The predicted molar refractivity (Wildman–Crippen MR) is 97.5 cm³/mol. The number of benzene rings is 1. The fourth-order valence-electron chi connectivity index (χ4n) is 2.67. The lowest BCUT2D eigenvalue weighted by atomic mass is 10.0. The maximum Gasteiger partial charge on any atom is 0.221 e. The molecule has 1 N–H and O–H groups in total. The van der Waals surface area contributed by atoms with Gasteiger partial charge in [0.05, 0.1) is 4.88 Å². The summed E-state index contributed by atoms with van der Waals surface area (Å²) in [5.41, 5.74) is 0.333. The highest BCUT2D eigenvalue weighted by Crippen LogP contribution is 2.23. The van der Waals surface area contributed by atoms with Crippen LogP contribution in [0.1, 0.15) is 39.9 Å². The van der Waals surface area contributed by atoms with Gasteiger partial charge in [0.25, 0.3) is 0 Å². The Labute approximate surface area is 154 Å². The highest BCUT2D eigenvalue weighted by atomic mass is 32.1. The molecule has 0 fully saturated rings. The van der Waals surface area contributed by atoms with Crippen LogP contribution in [0.4, 0.5) is 4.39 Å². The first-order chi connectivity index (χ1) is 12.6. The van der Waals surface area contributed by atoms with Gasteiger partial charge in [-0.25, -0.2) is 9.37 Å². The maximum atomic E-state index is 14.3. The molecule has 0 saturated carbocycles. The fraction of sp³-hybridized carbons (Fsp3) is 0.211. The van der Waals surface area contributed by atoms with Gasteiger partial charge in [0, 0.05) is 37.8 Å². The highest BCUT2D eigenvalue weighted by Gasteiger charge is 2.23. The van der Waals surface area contributed by atoms with Crippen LogP contribution in [0, 0.1) is 5.82 Å². The van der Waals surface area contributed by atoms with Crippen LogP contribution in [-0.4, -0.2) is 21.2 Å². The van der Waals surface area contributed by atoms with Crippen molar-refractivity contribution in [3.8, 4) is 0 Å². The van der Waals surface area contributed by atoms with Crippen molar-refractivity contribution in [3.05, 3.63) is 76.3 Å². The lowest BCUT2D eigenvalue weighted by Gasteiger charge is -2.19. The summed E-state index contributed by atoms with van der Waals surface area (Å²) in [6.45, 7) is 0. The molecule has 134 valence electrons. The molecule has 7 heteroatoms. The lowest BCUT2D eigenvalue weighted by Crippen LogP contribution is -2.31. The number of hydrogen-bond acceptors (Lipinski definition) is 4. The number of amides is 1. The minimum absolute atomic E-state index is 0.0338. The zero-order valence-electron chi connectivity index (χ0n) is 14.2. The second-order valence-corrected chi connectivity index (χ2v) is 6.77. The number of nitrogens with zero attached hydrogens (tertiary/aromatic N) is 2. The van der Waals surface area contributed by atoms with E-state index in [9.17, 15) is 14.0 Å². The molecule has 2 aromatic heterocycles. The largest absolute Gasteiger partial charge is 0.342 e. The summed E-state index contributed by atoms with van der Waals surface area (Å²) in [4.78, 5) is 29.3. The summed E-state index contributed by atoms with van der Waals surface area (Å²) in [5.74, 6) is -0.302. The van der Waals surface area contributed by atoms with E-state index in [0.29, 0.717) is 16.3 Å². The molecule has 0 bridgehead atoms. The minimum Gasteiger partial charge on any atom is -0.342 e. The van der Waals surface area contributed by atoms with Crippen molar-refractivity contribution in [2.24, 2.45) is 7.05 Å². The zero-order chi connectivity index (χ0) is 18.5. The van der Waals surface area contributed by atoms with Gasteiger partial charge < -0.3 is 9.88 Å². The molecule has 0 radical (unpaired) electrons. The Bertz CT molecular complexity index is 905. The van der Waals surface area contributed by atoms with Gasteiger partial charge in [0.15, 0.2) is 5.78 Å². The normalized spacial score (nSPS) is 11.9. The number of aryl methyl sites for hydroxylation is 1. The van der Waals surface area contributed by atoms with E-state index in [2.05, 4.69) is 10.3 Å². The SMILES string of the molecule is Cn1ccnc1C(NC(=O)CCC(=O)c1cccs1)c1ccccc1F. The van der Waals surface area contributed by atoms with Gasteiger partial charge >= 0.3 is 0 Å². The molecule has 3 rings (SSSR count). The Kier molecular flexibility index (Phi) is 5.58. The Morgan fingerprint density at radius 2 is 2.04 bits per heavy atom. The molecule has 0 aliphatic rings. The van der Waals surface area contributed by atoms with Crippen LogP contribution in [0.15, 0.2) is 54.2 Å².